The number of rotatable bonds is 4. The van der Waals surface area contributed by atoms with Crippen LogP contribution in [0, 0.1) is 5.92 Å². The lowest BCUT2D eigenvalue weighted by Crippen LogP contribution is -2.25. The molecule has 1 fully saturated rings. The minimum atomic E-state index is -3.61. The van der Waals surface area contributed by atoms with Gasteiger partial charge in [0.1, 0.15) is 6.33 Å². The summed E-state index contributed by atoms with van der Waals surface area (Å²) in [5.74, 6) is 0.104. The Kier molecular flexibility index (Phi) is 4.11. The van der Waals surface area contributed by atoms with Crippen molar-refractivity contribution in [2.75, 3.05) is 17.2 Å². The van der Waals surface area contributed by atoms with Crippen molar-refractivity contribution in [2.45, 2.75) is 6.42 Å². The molecule has 2 heterocycles. The van der Waals surface area contributed by atoms with Gasteiger partial charge in [-0.3, -0.25) is 4.79 Å². The molecule has 1 unspecified atom stereocenters. The van der Waals surface area contributed by atoms with E-state index in [1.807, 2.05) is 31.3 Å². The summed E-state index contributed by atoms with van der Waals surface area (Å²) in [4.78, 5) is 13.8. The molecule has 1 aliphatic rings. The molecule has 0 spiro atoms. The zero-order valence-corrected chi connectivity index (χ0v) is 14.0. The fourth-order valence-corrected chi connectivity index (χ4v) is 4.10. The topological polar surface area (TPSA) is 85.2 Å². The number of carbonyl (C=O) groups is 1. The van der Waals surface area contributed by atoms with Crippen LogP contribution >= 0.6 is 10.7 Å². The molecule has 0 N–H and O–H groups in total. The van der Waals surface area contributed by atoms with Gasteiger partial charge >= 0.3 is 0 Å². The Labute approximate surface area is 138 Å². The number of benzene rings is 1. The molecule has 0 saturated carbocycles. The van der Waals surface area contributed by atoms with Crippen LogP contribution in [0.15, 0.2) is 30.6 Å². The Hall–Kier alpha value is -1.93. The van der Waals surface area contributed by atoms with Crippen molar-refractivity contribution < 1.29 is 13.2 Å². The van der Waals surface area contributed by atoms with Gasteiger partial charge in [0, 0.05) is 47.9 Å². The summed E-state index contributed by atoms with van der Waals surface area (Å²) in [5.41, 5.74) is 1.55. The van der Waals surface area contributed by atoms with Gasteiger partial charge in [-0.05, 0) is 12.1 Å². The zero-order chi connectivity index (χ0) is 16.6. The first-order chi connectivity index (χ1) is 10.8. The highest BCUT2D eigenvalue weighted by Gasteiger charge is 2.33. The van der Waals surface area contributed by atoms with Crippen LogP contribution in [0.25, 0.3) is 11.4 Å². The van der Waals surface area contributed by atoms with Crippen molar-refractivity contribution >= 4 is 31.3 Å². The first-order valence-electron chi connectivity index (χ1n) is 7.00. The van der Waals surface area contributed by atoms with E-state index in [1.165, 1.54) is 0 Å². The number of amides is 1. The van der Waals surface area contributed by atoms with Gasteiger partial charge in [-0.1, -0.05) is 12.1 Å². The first kappa shape index (κ1) is 15.9. The van der Waals surface area contributed by atoms with Crippen LogP contribution in [0.2, 0.25) is 0 Å². The molecule has 1 atom stereocenters. The fourth-order valence-electron chi connectivity index (χ4n) is 2.78. The summed E-state index contributed by atoms with van der Waals surface area (Å²) >= 11 is 0. The van der Waals surface area contributed by atoms with Crippen molar-refractivity contribution in [3.8, 4) is 11.4 Å². The number of halogens is 1. The number of carbonyl (C=O) groups excluding carboxylic acids is 1. The summed E-state index contributed by atoms with van der Waals surface area (Å²) in [5, 5.41) is 7.89. The fraction of sp³-hybridized carbons (Fsp3) is 0.357. The van der Waals surface area contributed by atoms with Gasteiger partial charge in [0.05, 0.1) is 5.75 Å². The second-order valence-electron chi connectivity index (χ2n) is 5.60. The molecule has 1 aromatic heterocycles. The van der Waals surface area contributed by atoms with Gasteiger partial charge in [0.15, 0.2) is 5.82 Å². The van der Waals surface area contributed by atoms with E-state index in [0.717, 1.165) is 5.56 Å². The Morgan fingerprint density at radius 2 is 2.17 bits per heavy atom. The third kappa shape index (κ3) is 3.53. The minimum absolute atomic E-state index is 0.106. The minimum Gasteiger partial charge on any atom is -0.317 e. The van der Waals surface area contributed by atoms with Crippen molar-refractivity contribution in [2.24, 2.45) is 13.0 Å². The van der Waals surface area contributed by atoms with Crippen LogP contribution in [-0.2, 0) is 20.9 Å². The molecule has 9 heteroatoms. The van der Waals surface area contributed by atoms with Crippen molar-refractivity contribution in [1.82, 2.24) is 14.8 Å². The van der Waals surface area contributed by atoms with E-state index in [4.69, 9.17) is 10.7 Å². The molecule has 2 aromatic rings. The molecule has 0 aliphatic carbocycles. The molecular weight excluding hydrogens is 340 g/mol. The number of anilines is 1. The smallest absolute Gasteiger partial charge is 0.232 e. The molecule has 122 valence electrons. The third-order valence-electron chi connectivity index (χ3n) is 3.77. The maximum absolute atomic E-state index is 12.2. The van der Waals surface area contributed by atoms with E-state index in [-0.39, 0.29) is 24.0 Å². The SMILES string of the molecule is Cn1cnnc1-c1cccc(N2CC(CS(=O)(=O)Cl)CC2=O)c1. The molecule has 23 heavy (non-hydrogen) atoms. The second kappa shape index (κ2) is 5.93. The number of hydrogen-bond acceptors (Lipinski definition) is 5. The third-order valence-corrected chi connectivity index (χ3v) is 5.01. The predicted octanol–water partition coefficient (Wildman–Crippen LogP) is 1.40. The summed E-state index contributed by atoms with van der Waals surface area (Å²) in [7, 11) is 3.51. The molecule has 1 saturated heterocycles. The van der Waals surface area contributed by atoms with E-state index >= 15 is 0 Å². The molecule has 0 radical (unpaired) electrons. The average Bonchev–Trinajstić information content (AvgIpc) is 3.03. The van der Waals surface area contributed by atoms with E-state index in [9.17, 15) is 13.2 Å². The van der Waals surface area contributed by atoms with Crippen LogP contribution in [0.4, 0.5) is 5.69 Å². The van der Waals surface area contributed by atoms with Crippen LogP contribution in [0.1, 0.15) is 6.42 Å². The molecule has 1 aliphatic heterocycles. The van der Waals surface area contributed by atoms with Gasteiger partial charge in [-0.15, -0.1) is 10.2 Å². The highest BCUT2D eigenvalue weighted by atomic mass is 35.7. The van der Waals surface area contributed by atoms with Gasteiger partial charge < -0.3 is 9.47 Å². The lowest BCUT2D eigenvalue weighted by molar-refractivity contribution is -0.117. The zero-order valence-electron chi connectivity index (χ0n) is 12.4. The van der Waals surface area contributed by atoms with Crippen molar-refractivity contribution in [3.63, 3.8) is 0 Å². The molecular formula is C14H15ClN4O3S. The highest BCUT2D eigenvalue weighted by molar-refractivity contribution is 8.13. The summed E-state index contributed by atoms with van der Waals surface area (Å²) in [6.07, 6.45) is 1.78. The van der Waals surface area contributed by atoms with Crippen LogP contribution in [0.5, 0.6) is 0 Å². The molecule has 7 nitrogen and oxygen atoms in total. The van der Waals surface area contributed by atoms with E-state index < -0.39 is 9.05 Å². The Morgan fingerprint density at radius 3 is 2.83 bits per heavy atom. The maximum Gasteiger partial charge on any atom is 0.232 e. The molecule has 0 bridgehead atoms. The van der Waals surface area contributed by atoms with Gasteiger partial charge in [0.2, 0.25) is 15.0 Å². The lowest BCUT2D eigenvalue weighted by atomic mass is 10.1. The van der Waals surface area contributed by atoms with Gasteiger partial charge in [-0.2, -0.15) is 0 Å². The lowest BCUT2D eigenvalue weighted by Gasteiger charge is -2.17. The monoisotopic (exact) mass is 354 g/mol. The average molecular weight is 355 g/mol. The maximum atomic E-state index is 12.2. The number of aromatic nitrogens is 3. The van der Waals surface area contributed by atoms with Crippen LogP contribution in [0.3, 0.4) is 0 Å². The Balaban J connectivity index is 1.85. The standard InChI is InChI=1S/C14H15ClN4O3S/c1-18-9-16-17-14(18)11-3-2-4-12(6-11)19-7-10(5-13(19)20)8-23(15,21)22/h2-4,6,9-10H,5,7-8H2,1H3. The molecule has 1 amide bonds. The van der Waals surface area contributed by atoms with Gasteiger partial charge in [-0.25, -0.2) is 8.42 Å². The van der Waals surface area contributed by atoms with Crippen molar-refractivity contribution in [3.05, 3.63) is 30.6 Å². The van der Waals surface area contributed by atoms with E-state index in [2.05, 4.69) is 10.2 Å². The number of aryl methyl sites for hydroxylation is 1. The summed E-state index contributed by atoms with van der Waals surface area (Å²) in [6.45, 7) is 0.340. The first-order valence-corrected chi connectivity index (χ1v) is 9.48. The second-order valence-corrected chi connectivity index (χ2v) is 8.42. The van der Waals surface area contributed by atoms with Crippen molar-refractivity contribution in [1.29, 1.82) is 0 Å². The molecule has 3 rings (SSSR count). The van der Waals surface area contributed by atoms with Crippen LogP contribution < -0.4 is 4.90 Å². The summed E-state index contributed by atoms with van der Waals surface area (Å²) in [6, 6.07) is 7.38. The number of hydrogen-bond donors (Lipinski definition) is 0. The van der Waals surface area contributed by atoms with E-state index in [0.29, 0.717) is 18.1 Å². The quantitative estimate of drug-likeness (QED) is 0.775. The molecule has 1 aromatic carbocycles. The summed E-state index contributed by atoms with van der Waals surface area (Å²) < 4.78 is 24.2. The van der Waals surface area contributed by atoms with Crippen LogP contribution in [-0.4, -0.2) is 41.4 Å². The number of nitrogens with zero attached hydrogens (tertiary/aromatic N) is 4. The predicted molar refractivity (Wildman–Crippen MR) is 86.5 cm³/mol. The highest BCUT2D eigenvalue weighted by Crippen LogP contribution is 2.29. The Morgan fingerprint density at radius 1 is 1.39 bits per heavy atom. The van der Waals surface area contributed by atoms with Gasteiger partial charge in [0.25, 0.3) is 0 Å². The Bertz CT molecular complexity index is 849. The largest absolute Gasteiger partial charge is 0.317 e. The normalized spacial score (nSPS) is 18.6. The van der Waals surface area contributed by atoms with E-state index in [1.54, 1.807) is 15.8 Å².